The van der Waals surface area contributed by atoms with Gasteiger partial charge in [-0.25, -0.2) is 12.8 Å². The number of hydrogen-bond acceptors (Lipinski definition) is 4. The molecular weight excluding hydrogens is 381 g/mol. The number of sulfonamides is 1. The van der Waals surface area contributed by atoms with E-state index in [1.54, 1.807) is 6.20 Å². The van der Waals surface area contributed by atoms with Crippen LogP contribution in [0.25, 0.3) is 0 Å². The normalized spacial score (nSPS) is 16.1. The monoisotopic (exact) mass is 405 g/mol. The number of nitrogens with zero attached hydrogens (tertiary/aromatic N) is 2. The summed E-state index contributed by atoms with van der Waals surface area (Å²) in [4.78, 5) is 16.4. The van der Waals surface area contributed by atoms with Crippen molar-refractivity contribution >= 4 is 15.9 Å². The standard InChI is InChI=1S/C20H24FN3O3S/c1-15-4-3-9-22-19(15)14-23-20(25)12-16-7-10-24(11-8-16)28(26,27)18-6-2-5-17(21)13-18/h2-6,9,13,16H,7-8,10-12,14H2,1H3,(H,23,25). The SMILES string of the molecule is Cc1cccnc1CNC(=O)CC1CCN(S(=O)(=O)c2cccc(F)c2)CC1. The van der Waals surface area contributed by atoms with Gasteiger partial charge in [0.25, 0.3) is 0 Å². The lowest BCUT2D eigenvalue weighted by Crippen LogP contribution is -2.39. The molecule has 150 valence electrons. The van der Waals surface area contributed by atoms with E-state index < -0.39 is 15.8 Å². The molecule has 1 fully saturated rings. The maximum absolute atomic E-state index is 13.4. The molecule has 2 aromatic rings. The zero-order valence-corrected chi connectivity index (χ0v) is 16.6. The molecule has 0 bridgehead atoms. The number of halogens is 1. The Labute approximate surface area is 164 Å². The molecule has 8 heteroatoms. The van der Waals surface area contributed by atoms with Gasteiger partial charge in [-0.1, -0.05) is 12.1 Å². The number of rotatable bonds is 6. The van der Waals surface area contributed by atoms with Gasteiger partial charge in [-0.15, -0.1) is 0 Å². The number of amides is 1. The number of nitrogens with one attached hydrogen (secondary N) is 1. The van der Waals surface area contributed by atoms with Gasteiger partial charge in [-0.3, -0.25) is 9.78 Å². The second-order valence-corrected chi connectivity index (χ2v) is 8.99. The Kier molecular flexibility index (Phi) is 6.41. The molecule has 0 spiro atoms. The summed E-state index contributed by atoms with van der Waals surface area (Å²) in [6.45, 7) is 2.99. The Morgan fingerprint density at radius 1 is 1.25 bits per heavy atom. The van der Waals surface area contributed by atoms with E-state index in [9.17, 15) is 17.6 Å². The van der Waals surface area contributed by atoms with Crippen molar-refractivity contribution in [3.63, 3.8) is 0 Å². The van der Waals surface area contributed by atoms with Crippen LogP contribution in [0.15, 0.2) is 47.5 Å². The third-order valence-electron chi connectivity index (χ3n) is 5.05. The number of carbonyl (C=O) groups is 1. The van der Waals surface area contributed by atoms with Crippen molar-refractivity contribution in [3.05, 3.63) is 59.7 Å². The number of carbonyl (C=O) groups excluding carboxylic acids is 1. The zero-order valence-electron chi connectivity index (χ0n) is 15.8. The lowest BCUT2D eigenvalue weighted by Gasteiger charge is -2.31. The summed E-state index contributed by atoms with van der Waals surface area (Å²) < 4.78 is 40.0. The number of aryl methyl sites for hydroxylation is 1. The largest absolute Gasteiger partial charge is 0.350 e. The maximum Gasteiger partial charge on any atom is 0.243 e. The summed E-state index contributed by atoms with van der Waals surface area (Å²) >= 11 is 0. The minimum absolute atomic E-state index is 0.0329. The molecule has 0 saturated carbocycles. The lowest BCUT2D eigenvalue weighted by molar-refractivity contribution is -0.122. The average Bonchev–Trinajstić information content (AvgIpc) is 2.68. The fraction of sp³-hybridized carbons (Fsp3) is 0.400. The van der Waals surface area contributed by atoms with Gasteiger partial charge in [-0.05, 0) is 55.5 Å². The van der Waals surface area contributed by atoms with E-state index in [4.69, 9.17) is 0 Å². The van der Waals surface area contributed by atoms with Crippen molar-refractivity contribution in [2.75, 3.05) is 13.1 Å². The molecule has 1 saturated heterocycles. The van der Waals surface area contributed by atoms with Crippen LogP contribution in [0, 0.1) is 18.7 Å². The molecule has 1 N–H and O–H groups in total. The molecule has 3 rings (SSSR count). The molecule has 1 amide bonds. The second-order valence-electron chi connectivity index (χ2n) is 7.05. The van der Waals surface area contributed by atoms with Crippen LogP contribution < -0.4 is 5.32 Å². The highest BCUT2D eigenvalue weighted by Crippen LogP contribution is 2.26. The predicted molar refractivity (Wildman–Crippen MR) is 103 cm³/mol. The van der Waals surface area contributed by atoms with Crippen LogP contribution in [0.3, 0.4) is 0 Å². The molecular formula is C20H24FN3O3S. The molecule has 1 aromatic carbocycles. The topological polar surface area (TPSA) is 79.4 Å². The summed E-state index contributed by atoms with van der Waals surface area (Å²) in [5, 5.41) is 2.89. The molecule has 0 radical (unpaired) electrons. The van der Waals surface area contributed by atoms with Gasteiger partial charge in [0, 0.05) is 25.7 Å². The first-order chi connectivity index (χ1) is 13.4. The highest BCUT2D eigenvalue weighted by atomic mass is 32.2. The summed E-state index contributed by atoms with van der Waals surface area (Å²) in [5.74, 6) is -0.504. The molecule has 6 nitrogen and oxygen atoms in total. The van der Waals surface area contributed by atoms with Gasteiger partial charge in [0.15, 0.2) is 0 Å². The van der Waals surface area contributed by atoms with Crippen molar-refractivity contribution in [1.29, 1.82) is 0 Å². The molecule has 0 unspecified atom stereocenters. The second kappa shape index (κ2) is 8.79. The quantitative estimate of drug-likeness (QED) is 0.801. The molecule has 2 heterocycles. The number of benzene rings is 1. The fourth-order valence-corrected chi connectivity index (χ4v) is 4.85. The Balaban J connectivity index is 1.50. The van der Waals surface area contributed by atoms with Crippen LogP contribution >= 0.6 is 0 Å². The van der Waals surface area contributed by atoms with Crippen LogP contribution in [-0.2, 0) is 21.4 Å². The Morgan fingerprint density at radius 3 is 2.68 bits per heavy atom. The molecule has 0 aliphatic carbocycles. The first-order valence-electron chi connectivity index (χ1n) is 9.29. The van der Waals surface area contributed by atoms with E-state index >= 15 is 0 Å². The van der Waals surface area contributed by atoms with Crippen LogP contribution in [0.5, 0.6) is 0 Å². The van der Waals surface area contributed by atoms with Crippen molar-refractivity contribution in [3.8, 4) is 0 Å². The zero-order chi connectivity index (χ0) is 20.1. The van der Waals surface area contributed by atoms with Crippen molar-refractivity contribution in [1.82, 2.24) is 14.6 Å². The number of pyridine rings is 1. The Hall–Kier alpha value is -2.32. The van der Waals surface area contributed by atoms with E-state index in [1.165, 1.54) is 22.5 Å². The number of piperidine rings is 1. The van der Waals surface area contributed by atoms with Crippen molar-refractivity contribution < 1.29 is 17.6 Å². The molecule has 0 atom stereocenters. The first kappa shape index (κ1) is 20.4. The molecule has 1 aliphatic heterocycles. The number of aromatic nitrogens is 1. The highest BCUT2D eigenvalue weighted by Gasteiger charge is 2.30. The predicted octanol–water partition coefficient (Wildman–Crippen LogP) is 2.64. The van der Waals surface area contributed by atoms with E-state index in [0.717, 1.165) is 17.3 Å². The average molecular weight is 405 g/mol. The van der Waals surface area contributed by atoms with Crippen LogP contribution in [0.4, 0.5) is 4.39 Å². The molecule has 1 aliphatic rings. The van der Waals surface area contributed by atoms with Crippen LogP contribution in [0.1, 0.15) is 30.5 Å². The van der Waals surface area contributed by atoms with Gasteiger partial charge in [0.05, 0.1) is 17.1 Å². The minimum atomic E-state index is -3.70. The summed E-state index contributed by atoms with van der Waals surface area (Å²) in [6.07, 6.45) is 3.26. The van der Waals surface area contributed by atoms with E-state index in [2.05, 4.69) is 10.3 Å². The van der Waals surface area contributed by atoms with E-state index in [-0.39, 0.29) is 16.7 Å². The first-order valence-corrected chi connectivity index (χ1v) is 10.7. The summed E-state index contributed by atoms with van der Waals surface area (Å²) in [5.41, 5.74) is 1.87. The van der Waals surface area contributed by atoms with Gasteiger partial charge in [-0.2, -0.15) is 4.31 Å². The van der Waals surface area contributed by atoms with Crippen LogP contribution in [-0.4, -0.2) is 36.7 Å². The molecule has 1 aromatic heterocycles. The van der Waals surface area contributed by atoms with Crippen LogP contribution in [0.2, 0.25) is 0 Å². The van der Waals surface area contributed by atoms with E-state index in [1.807, 2.05) is 19.1 Å². The highest BCUT2D eigenvalue weighted by molar-refractivity contribution is 7.89. The molecule has 28 heavy (non-hydrogen) atoms. The van der Waals surface area contributed by atoms with Gasteiger partial charge >= 0.3 is 0 Å². The van der Waals surface area contributed by atoms with Crippen molar-refractivity contribution in [2.24, 2.45) is 5.92 Å². The lowest BCUT2D eigenvalue weighted by atomic mass is 9.94. The Bertz CT molecular complexity index is 941. The fourth-order valence-electron chi connectivity index (χ4n) is 3.35. The maximum atomic E-state index is 13.4. The summed E-state index contributed by atoms with van der Waals surface area (Å²) in [7, 11) is -3.70. The third-order valence-corrected chi connectivity index (χ3v) is 6.95. The number of hydrogen-bond donors (Lipinski definition) is 1. The smallest absolute Gasteiger partial charge is 0.243 e. The Morgan fingerprint density at radius 2 is 2.00 bits per heavy atom. The van der Waals surface area contributed by atoms with Gasteiger partial charge < -0.3 is 5.32 Å². The minimum Gasteiger partial charge on any atom is -0.350 e. The van der Waals surface area contributed by atoms with Crippen molar-refractivity contribution in [2.45, 2.75) is 37.6 Å². The van der Waals surface area contributed by atoms with Gasteiger partial charge in [0.1, 0.15) is 5.82 Å². The summed E-state index contributed by atoms with van der Waals surface area (Å²) in [6, 6.07) is 8.85. The van der Waals surface area contributed by atoms with Gasteiger partial charge in [0.2, 0.25) is 15.9 Å². The third kappa shape index (κ3) is 4.94. The van der Waals surface area contributed by atoms with E-state index in [0.29, 0.717) is 38.9 Å².